The predicted octanol–water partition coefficient (Wildman–Crippen LogP) is 3.28. The van der Waals surface area contributed by atoms with Gasteiger partial charge in [0, 0.05) is 12.1 Å². The van der Waals surface area contributed by atoms with E-state index in [-0.39, 0.29) is 6.79 Å². The van der Waals surface area contributed by atoms with E-state index in [1.54, 1.807) is 18.2 Å². The first-order chi connectivity index (χ1) is 8.69. The second kappa shape index (κ2) is 7.95. The normalized spacial score (nSPS) is 10.2. The summed E-state index contributed by atoms with van der Waals surface area (Å²) in [5.41, 5.74) is 0.354. The first-order valence-corrected chi connectivity index (χ1v) is 6.15. The van der Waals surface area contributed by atoms with Crippen molar-refractivity contribution in [1.29, 1.82) is 0 Å². The van der Waals surface area contributed by atoms with Crippen LogP contribution in [0.4, 0.5) is 0 Å². The molecule has 100 valence electrons. The zero-order chi connectivity index (χ0) is 13.4. The molecule has 0 aliphatic heterocycles. The Labute approximate surface area is 112 Å². The quantitative estimate of drug-likeness (QED) is 0.434. The topological polar surface area (TPSA) is 44.8 Å². The minimum absolute atomic E-state index is 0.0512. The van der Waals surface area contributed by atoms with E-state index in [2.05, 4.69) is 0 Å². The Morgan fingerprint density at radius 3 is 2.83 bits per heavy atom. The number of unbranched alkanes of at least 4 members (excludes halogenated alkanes) is 1. The lowest BCUT2D eigenvalue weighted by Crippen LogP contribution is -2.10. The summed E-state index contributed by atoms with van der Waals surface area (Å²) >= 11 is 5.85. The molecule has 0 aliphatic carbocycles. The van der Waals surface area contributed by atoms with Gasteiger partial charge >= 0.3 is 5.97 Å². The van der Waals surface area contributed by atoms with Crippen molar-refractivity contribution < 1.29 is 19.0 Å². The molecule has 0 N–H and O–H groups in total. The van der Waals surface area contributed by atoms with Crippen LogP contribution in [-0.4, -0.2) is 26.5 Å². The molecule has 0 heterocycles. The first kappa shape index (κ1) is 14.8. The lowest BCUT2D eigenvalue weighted by Gasteiger charge is -2.10. The third kappa shape index (κ3) is 4.55. The number of esters is 1. The average molecular weight is 273 g/mol. The summed E-state index contributed by atoms with van der Waals surface area (Å²) in [4.78, 5) is 11.8. The summed E-state index contributed by atoms with van der Waals surface area (Å²) in [5.74, 6) is -0.0444. The average Bonchev–Trinajstić information content (AvgIpc) is 2.36. The SMILES string of the molecule is CCCCOC(=O)c1ccc(Cl)cc1OCOC. The fraction of sp³-hybridized carbons (Fsp3) is 0.462. The minimum Gasteiger partial charge on any atom is -0.467 e. The number of rotatable bonds is 7. The van der Waals surface area contributed by atoms with Gasteiger partial charge in [-0.15, -0.1) is 0 Å². The molecule has 1 aromatic carbocycles. The molecular weight excluding hydrogens is 256 g/mol. The Kier molecular flexibility index (Phi) is 6.54. The maximum absolute atomic E-state index is 11.8. The van der Waals surface area contributed by atoms with Crippen LogP contribution in [-0.2, 0) is 9.47 Å². The van der Waals surface area contributed by atoms with Crippen LogP contribution in [0.1, 0.15) is 30.1 Å². The zero-order valence-electron chi connectivity index (χ0n) is 10.6. The predicted molar refractivity (Wildman–Crippen MR) is 69.1 cm³/mol. The Balaban J connectivity index is 2.75. The summed E-state index contributed by atoms with van der Waals surface area (Å²) in [6.45, 7) is 2.49. The molecule has 0 saturated carbocycles. The highest BCUT2D eigenvalue weighted by molar-refractivity contribution is 6.30. The Hall–Kier alpha value is -1.26. The Bertz CT molecular complexity index is 393. The number of carbonyl (C=O) groups excluding carboxylic acids is 1. The number of hydrogen-bond donors (Lipinski definition) is 0. The second-order valence-corrected chi connectivity index (χ2v) is 4.12. The van der Waals surface area contributed by atoms with Crippen LogP contribution in [0.25, 0.3) is 0 Å². The fourth-order valence-electron chi connectivity index (χ4n) is 1.29. The van der Waals surface area contributed by atoms with Crippen LogP contribution >= 0.6 is 11.6 Å². The molecule has 0 aromatic heterocycles. The summed E-state index contributed by atoms with van der Waals surface area (Å²) in [6, 6.07) is 4.77. The van der Waals surface area contributed by atoms with Gasteiger partial charge in [0.2, 0.25) is 0 Å². The second-order valence-electron chi connectivity index (χ2n) is 3.68. The van der Waals surface area contributed by atoms with Gasteiger partial charge in [0.25, 0.3) is 0 Å². The van der Waals surface area contributed by atoms with E-state index in [0.717, 1.165) is 12.8 Å². The van der Waals surface area contributed by atoms with Gasteiger partial charge in [0.1, 0.15) is 11.3 Å². The molecule has 0 bridgehead atoms. The molecule has 0 aliphatic rings. The van der Waals surface area contributed by atoms with Crippen molar-refractivity contribution in [3.63, 3.8) is 0 Å². The standard InChI is InChI=1S/C13H17ClO4/c1-3-4-7-17-13(15)11-6-5-10(14)8-12(11)18-9-16-2/h5-6,8H,3-4,7,9H2,1-2H3. The van der Waals surface area contributed by atoms with Gasteiger partial charge in [-0.1, -0.05) is 24.9 Å². The number of benzene rings is 1. The minimum atomic E-state index is -0.411. The van der Waals surface area contributed by atoms with Crippen molar-refractivity contribution in [3.05, 3.63) is 28.8 Å². The largest absolute Gasteiger partial charge is 0.467 e. The first-order valence-electron chi connectivity index (χ1n) is 5.77. The monoisotopic (exact) mass is 272 g/mol. The summed E-state index contributed by atoms with van der Waals surface area (Å²) < 4.78 is 15.2. The van der Waals surface area contributed by atoms with Crippen LogP contribution in [0.2, 0.25) is 5.02 Å². The van der Waals surface area contributed by atoms with Crippen molar-refractivity contribution in [2.24, 2.45) is 0 Å². The van der Waals surface area contributed by atoms with Crippen molar-refractivity contribution in [2.75, 3.05) is 20.5 Å². The zero-order valence-corrected chi connectivity index (χ0v) is 11.3. The number of carbonyl (C=O) groups is 1. The molecule has 0 unspecified atom stereocenters. The van der Waals surface area contributed by atoms with Crippen LogP contribution in [0.15, 0.2) is 18.2 Å². The van der Waals surface area contributed by atoms with Gasteiger partial charge in [0.15, 0.2) is 6.79 Å². The van der Waals surface area contributed by atoms with Gasteiger partial charge in [-0.2, -0.15) is 0 Å². The van der Waals surface area contributed by atoms with Crippen LogP contribution < -0.4 is 4.74 Å². The van der Waals surface area contributed by atoms with E-state index >= 15 is 0 Å². The van der Waals surface area contributed by atoms with E-state index in [1.807, 2.05) is 6.92 Å². The van der Waals surface area contributed by atoms with E-state index in [9.17, 15) is 4.79 Å². The molecule has 5 heteroatoms. The molecular formula is C13H17ClO4. The summed E-state index contributed by atoms with van der Waals surface area (Å²) in [5, 5.41) is 0.492. The lowest BCUT2D eigenvalue weighted by molar-refractivity contribution is 0.0425. The molecule has 18 heavy (non-hydrogen) atoms. The van der Waals surface area contributed by atoms with Crippen molar-refractivity contribution >= 4 is 17.6 Å². The molecule has 0 fully saturated rings. The van der Waals surface area contributed by atoms with Crippen molar-refractivity contribution in [1.82, 2.24) is 0 Å². The Morgan fingerprint density at radius 1 is 1.39 bits per heavy atom. The molecule has 0 spiro atoms. The van der Waals surface area contributed by atoms with E-state index in [0.29, 0.717) is 22.9 Å². The molecule has 1 rings (SSSR count). The van der Waals surface area contributed by atoms with E-state index in [4.69, 9.17) is 25.8 Å². The number of methoxy groups -OCH3 is 1. The third-order valence-electron chi connectivity index (χ3n) is 2.23. The fourth-order valence-corrected chi connectivity index (χ4v) is 1.46. The number of halogens is 1. The number of ether oxygens (including phenoxy) is 3. The lowest BCUT2D eigenvalue weighted by atomic mass is 10.2. The van der Waals surface area contributed by atoms with Gasteiger partial charge in [-0.05, 0) is 24.6 Å². The maximum atomic E-state index is 11.8. The molecule has 0 amide bonds. The van der Waals surface area contributed by atoms with Crippen LogP contribution in [0, 0.1) is 0 Å². The number of hydrogen-bond acceptors (Lipinski definition) is 4. The van der Waals surface area contributed by atoms with Crippen LogP contribution in [0.5, 0.6) is 5.75 Å². The molecule has 0 saturated heterocycles. The van der Waals surface area contributed by atoms with Gasteiger partial charge in [-0.25, -0.2) is 4.79 Å². The van der Waals surface area contributed by atoms with E-state index in [1.165, 1.54) is 7.11 Å². The van der Waals surface area contributed by atoms with Gasteiger partial charge < -0.3 is 14.2 Å². The van der Waals surface area contributed by atoms with Gasteiger partial charge in [0.05, 0.1) is 6.61 Å². The summed E-state index contributed by atoms with van der Waals surface area (Å²) in [7, 11) is 1.50. The Morgan fingerprint density at radius 2 is 2.17 bits per heavy atom. The molecule has 0 radical (unpaired) electrons. The highest BCUT2D eigenvalue weighted by Gasteiger charge is 2.14. The van der Waals surface area contributed by atoms with Crippen molar-refractivity contribution in [2.45, 2.75) is 19.8 Å². The highest BCUT2D eigenvalue weighted by Crippen LogP contribution is 2.24. The van der Waals surface area contributed by atoms with Gasteiger partial charge in [-0.3, -0.25) is 0 Å². The van der Waals surface area contributed by atoms with Crippen LogP contribution in [0.3, 0.4) is 0 Å². The molecule has 0 atom stereocenters. The third-order valence-corrected chi connectivity index (χ3v) is 2.46. The molecule has 1 aromatic rings. The summed E-state index contributed by atoms with van der Waals surface area (Å²) in [6.07, 6.45) is 1.81. The molecule has 4 nitrogen and oxygen atoms in total. The highest BCUT2D eigenvalue weighted by atomic mass is 35.5. The van der Waals surface area contributed by atoms with E-state index < -0.39 is 5.97 Å². The smallest absolute Gasteiger partial charge is 0.341 e. The maximum Gasteiger partial charge on any atom is 0.341 e. The van der Waals surface area contributed by atoms with Crippen molar-refractivity contribution in [3.8, 4) is 5.75 Å².